The van der Waals surface area contributed by atoms with E-state index in [2.05, 4.69) is 11.4 Å². The van der Waals surface area contributed by atoms with E-state index in [1.54, 1.807) is 22.7 Å². The van der Waals surface area contributed by atoms with Crippen LogP contribution in [0.2, 0.25) is 0 Å². The van der Waals surface area contributed by atoms with E-state index in [9.17, 15) is 9.59 Å². The Labute approximate surface area is 167 Å². The average Bonchev–Trinajstić information content (AvgIpc) is 3.35. The van der Waals surface area contributed by atoms with Gasteiger partial charge in [0.1, 0.15) is 0 Å². The largest absolute Gasteiger partial charge is 0.339 e. The first-order chi connectivity index (χ1) is 12.2. The summed E-state index contributed by atoms with van der Waals surface area (Å²) < 4.78 is 2.35. The lowest BCUT2D eigenvalue weighted by Gasteiger charge is -2.36. The van der Waals surface area contributed by atoms with Crippen LogP contribution in [0.1, 0.15) is 28.9 Å². The van der Waals surface area contributed by atoms with Crippen LogP contribution in [0.25, 0.3) is 9.40 Å². The first-order valence-corrected chi connectivity index (χ1v) is 10.6. The summed E-state index contributed by atoms with van der Waals surface area (Å²) in [7, 11) is 0. The van der Waals surface area contributed by atoms with Crippen molar-refractivity contribution in [2.75, 3.05) is 32.7 Å². The molecule has 1 saturated carbocycles. The van der Waals surface area contributed by atoms with Crippen molar-refractivity contribution in [3.63, 3.8) is 0 Å². The number of thiophene rings is 2. The Balaban J connectivity index is 0.00000196. The van der Waals surface area contributed by atoms with Crippen LogP contribution < -0.4 is 5.73 Å². The summed E-state index contributed by atoms with van der Waals surface area (Å²) >= 11 is 3.23. The zero-order chi connectivity index (χ0) is 17.4. The predicted molar refractivity (Wildman–Crippen MR) is 109 cm³/mol. The van der Waals surface area contributed by atoms with E-state index >= 15 is 0 Å². The number of carbonyl (C=O) groups excluding carboxylic acids is 2. The maximum Gasteiger partial charge on any atom is 0.264 e. The van der Waals surface area contributed by atoms with Gasteiger partial charge in [0, 0.05) is 41.5 Å². The number of hydrogen-bond acceptors (Lipinski definition) is 5. The molecule has 0 radical (unpaired) electrons. The third-order valence-corrected chi connectivity index (χ3v) is 7.59. The summed E-state index contributed by atoms with van der Waals surface area (Å²) in [5, 5.41) is 2.05. The van der Waals surface area contributed by atoms with Crippen LogP contribution in [-0.4, -0.2) is 54.3 Å². The van der Waals surface area contributed by atoms with Crippen LogP contribution >= 0.6 is 35.1 Å². The number of rotatable bonds is 3. The fraction of sp³-hybridized carbons (Fsp3) is 0.556. The van der Waals surface area contributed by atoms with Gasteiger partial charge >= 0.3 is 0 Å². The second-order valence-corrected chi connectivity index (χ2v) is 8.94. The average molecular weight is 414 g/mol. The van der Waals surface area contributed by atoms with Crippen molar-refractivity contribution in [1.82, 2.24) is 9.80 Å². The molecule has 2 atom stereocenters. The molecule has 8 heteroatoms. The zero-order valence-electron chi connectivity index (χ0n) is 14.6. The van der Waals surface area contributed by atoms with Crippen LogP contribution in [-0.2, 0) is 4.79 Å². The summed E-state index contributed by atoms with van der Waals surface area (Å²) in [6.45, 7) is 3.12. The minimum atomic E-state index is 0. The number of nitrogens with two attached hydrogens (primary N) is 1. The highest BCUT2D eigenvalue weighted by Crippen LogP contribution is 2.33. The monoisotopic (exact) mass is 413 g/mol. The van der Waals surface area contributed by atoms with Crippen molar-refractivity contribution in [3.05, 3.63) is 22.4 Å². The quantitative estimate of drug-likeness (QED) is 0.840. The smallest absolute Gasteiger partial charge is 0.264 e. The van der Waals surface area contributed by atoms with Crippen LogP contribution in [0.15, 0.2) is 17.5 Å². The van der Waals surface area contributed by atoms with E-state index in [1.165, 1.54) is 9.40 Å². The molecule has 0 unspecified atom stereocenters. The van der Waals surface area contributed by atoms with Gasteiger partial charge in [-0.25, -0.2) is 0 Å². The maximum atomic E-state index is 12.8. The van der Waals surface area contributed by atoms with Crippen molar-refractivity contribution in [2.24, 2.45) is 17.6 Å². The normalized spacial score (nSPS) is 23.3. The van der Waals surface area contributed by atoms with Crippen molar-refractivity contribution in [2.45, 2.75) is 19.3 Å². The minimum absolute atomic E-state index is 0. The molecule has 2 aliphatic rings. The predicted octanol–water partition coefficient (Wildman–Crippen LogP) is 3.04. The van der Waals surface area contributed by atoms with Crippen LogP contribution in [0, 0.1) is 11.8 Å². The molecule has 0 aromatic carbocycles. The highest BCUT2D eigenvalue weighted by atomic mass is 35.5. The fourth-order valence-electron chi connectivity index (χ4n) is 4.04. The molecule has 0 spiro atoms. The van der Waals surface area contributed by atoms with E-state index in [0.29, 0.717) is 38.6 Å². The maximum absolute atomic E-state index is 12.8. The number of halogens is 1. The van der Waals surface area contributed by atoms with Gasteiger partial charge in [-0.05, 0) is 42.8 Å². The first-order valence-electron chi connectivity index (χ1n) is 8.92. The van der Waals surface area contributed by atoms with Gasteiger partial charge in [0.2, 0.25) is 5.91 Å². The first kappa shape index (κ1) is 19.6. The second-order valence-electron chi connectivity index (χ2n) is 6.91. The van der Waals surface area contributed by atoms with Gasteiger partial charge < -0.3 is 15.5 Å². The van der Waals surface area contributed by atoms with Crippen molar-refractivity contribution in [3.8, 4) is 0 Å². The molecule has 5 nitrogen and oxygen atoms in total. The molecule has 2 N–H and O–H groups in total. The van der Waals surface area contributed by atoms with Gasteiger partial charge in [0.05, 0.1) is 4.88 Å². The van der Waals surface area contributed by atoms with E-state index in [4.69, 9.17) is 5.73 Å². The molecule has 2 aromatic rings. The second kappa shape index (κ2) is 8.25. The fourth-order valence-corrected chi connectivity index (χ4v) is 6.11. The molecule has 2 aromatic heterocycles. The van der Waals surface area contributed by atoms with Gasteiger partial charge in [-0.15, -0.1) is 35.1 Å². The standard InChI is InChI=1S/C18H23N3O2S2.ClH/c19-11-12-2-1-3-13(12)17(22)20-5-7-21(8-6-20)18(23)16-10-15-14(25-16)4-9-24-15;/h4,9-10,12-13H,1-3,5-8,11,19H2;1H/t12-,13-;/m1./s1. The summed E-state index contributed by atoms with van der Waals surface area (Å²) in [6, 6.07) is 4.06. The van der Waals surface area contributed by atoms with Crippen LogP contribution in [0.5, 0.6) is 0 Å². The molecular formula is C18H24ClN3O2S2. The highest BCUT2D eigenvalue weighted by molar-refractivity contribution is 7.27. The Bertz CT molecular complexity index is 754. The van der Waals surface area contributed by atoms with Crippen molar-refractivity contribution < 1.29 is 9.59 Å². The van der Waals surface area contributed by atoms with E-state index < -0.39 is 0 Å². The molecule has 3 heterocycles. The molecule has 2 amide bonds. The highest BCUT2D eigenvalue weighted by Gasteiger charge is 2.36. The molecule has 0 bridgehead atoms. The minimum Gasteiger partial charge on any atom is -0.339 e. The van der Waals surface area contributed by atoms with Gasteiger partial charge in [-0.2, -0.15) is 0 Å². The lowest BCUT2D eigenvalue weighted by atomic mass is 9.94. The molecule has 1 aliphatic carbocycles. The number of amides is 2. The summed E-state index contributed by atoms with van der Waals surface area (Å²) in [4.78, 5) is 30.1. The van der Waals surface area contributed by atoms with E-state index in [1.807, 2.05) is 15.9 Å². The lowest BCUT2D eigenvalue weighted by Crippen LogP contribution is -2.52. The van der Waals surface area contributed by atoms with Crippen molar-refractivity contribution in [1.29, 1.82) is 0 Å². The number of fused-ring (bicyclic) bond motifs is 1. The van der Waals surface area contributed by atoms with Gasteiger partial charge in [-0.3, -0.25) is 9.59 Å². The third-order valence-electron chi connectivity index (χ3n) is 5.51. The molecule has 2 fully saturated rings. The van der Waals surface area contributed by atoms with E-state index in [-0.39, 0.29) is 30.1 Å². The third kappa shape index (κ3) is 3.63. The number of nitrogens with zero attached hydrogens (tertiary/aromatic N) is 2. The van der Waals surface area contributed by atoms with Crippen molar-refractivity contribution >= 4 is 56.3 Å². The topological polar surface area (TPSA) is 66.6 Å². The van der Waals surface area contributed by atoms with Crippen LogP contribution in [0.4, 0.5) is 0 Å². The number of hydrogen-bond donors (Lipinski definition) is 1. The van der Waals surface area contributed by atoms with E-state index in [0.717, 1.165) is 24.1 Å². The number of piperazine rings is 1. The molecular weight excluding hydrogens is 390 g/mol. The Morgan fingerprint density at radius 3 is 2.54 bits per heavy atom. The SMILES string of the molecule is Cl.NC[C@H]1CCC[C@H]1C(=O)N1CCN(C(=O)c2cc3sccc3s2)CC1. The Kier molecular flexibility index (Phi) is 6.22. The Morgan fingerprint density at radius 1 is 1.12 bits per heavy atom. The van der Waals surface area contributed by atoms with Gasteiger partial charge in [-0.1, -0.05) is 6.42 Å². The number of carbonyl (C=O) groups is 2. The molecule has 1 saturated heterocycles. The lowest BCUT2D eigenvalue weighted by molar-refractivity contribution is -0.138. The summed E-state index contributed by atoms with van der Waals surface area (Å²) in [6.07, 6.45) is 3.14. The molecule has 4 rings (SSSR count). The Morgan fingerprint density at radius 2 is 1.85 bits per heavy atom. The molecule has 26 heavy (non-hydrogen) atoms. The van der Waals surface area contributed by atoms with Gasteiger partial charge in [0.25, 0.3) is 5.91 Å². The Hall–Kier alpha value is -1.15. The molecule has 1 aliphatic heterocycles. The molecule has 142 valence electrons. The zero-order valence-corrected chi connectivity index (χ0v) is 17.0. The van der Waals surface area contributed by atoms with Crippen LogP contribution in [0.3, 0.4) is 0 Å². The summed E-state index contributed by atoms with van der Waals surface area (Å²) in [5.74, 6) is 0.778. The van der Waals surface area contributed by atoms with Gasteiger partial charge in [0.15, 0.2) is 0 Å². The summed E-state index contributed by atoms with van der Waals surface area (Å²) in [5.41, 5.74) is 5.82.